The van der Waals surface area contributed by atoms with Gasteiger partial charge in [0.05, 0.1) is 10.7 Å². The van der Waals surface area contributed by atoms with Crippen LogP contribution in [0.5, 0.6) is 0 Å². The van der Waals surface area contributed by atoms with Crippen molar-refractivity contribution >= 4 is 40.6 Å². The first kappa shape index (κ1) is 16.0. The molecule has 2 heterocycles. The van der Waals surface area contributed by atoms with Crippen molar-refractivity contribution in [1.82, 2.24) is 10.3 Å². The normalized spacial score (nSPS) is 18.1. The van der Waals surface area contributed by atoms with Gasteiger partial charge < -0.3 is 10.6 Å². The van der Waals surface area contributed by atoms with Crippen LogP contribution in [-0.4, -0.2) is 34.3 Å². The number of rotatable bonds is 3. The largest absolute Gasteiger partial charge is 0.343 e. The molecule has 1 atom stereocenters. The quantitative estimate of drug-likeness (QED) is 0.895. The van der Waals surface area contributed by atoms with Crippen LogP contribution in [0.3, 0.4) is 0 Å². The van der Waals surface area contributed by atoms with Crippen LogP contribution < -0.4 is 10.6 Å². The standard InChI is InChI=1S/C16H17N3O2S2/c1-10-17-13(9-23-10)11-3-2-4-12(7-11)18-16(21)14-8-22-6-5-15(20)19-14/h2-4,7,9,14H,5-6,8H2,1H3,(H,18,21)(H,19,20)/t14-/m0/s1. The number of aromatic nitrogens is 1. The summed E-state index contributed by atoms with van der Waals surface area (Å²) in [6, 6.07) is 7.11. The zero-order valence-electron chi connectivity index (χ0n) is 12.7. The number of anilines is 1. The molecule has 2 aromatic rings. The van der Waals surface area contributed by atoms with Crippen molar-refractivity contribution in [3.63, 3.8) is 0 Å². The summed E-state index contributed by atoms with van der Waals surface area (Å²) in [6.45, 7) is 1.96. The van der Waals surface area contributed by atoms with Crippen LogP contribution in [0.4, 0.5) is 5.69 Å². The third-order valence-electron chi connectivity index (χ3n) is 3.45. The lowest BCUT2D eigenvalue weighted by atomic mass is 10.1. The van der Waals surface area contributed by atoms with Gasteiger partial charge in [-0.15, -0.1) is 11.3 Å². The molecule has 0 saturated carbocycles. The van der Waals surface area contributed by atoms with Crippen LogP contribution in [0.15, 0.2) is 29.6 Å². The molecule has 23 heavy (non-hydrogen) atoms. The van der Waals surface area contributed by atoms with Gasteiger partial charge in [-0.3, -0.25) is 9.59 Å². The Bertz CT molecular complexity index is 730. The van der Waals surface area contributed by atoms with E-state index < -0.39 is 6.04 Å². The molecule has 120 valence electrons. The van der Waals surface area contributed by atoms with Crippen molar-refractivity contribution in [3.05, 3.63) is 34.7 Å². The highest BCUT2D eigenvalue weighted by Crippen LogP contribution is 2.24. The minimum absolute atomic E-state index is 0.0677. The number of thiazole rings is 1. The van der Waals surface area contributed by atoms with E-state index in [4.69, 9.17) is 0 Å². The monoisotopic (exact) mass is 347 g/mol. The van der Waals surface area contributed by atoms with Gasteiger partial charge in [0.15, 0.2) is 0 Å². The molecule has 1 aromatic heterocycles. The smallest absolute Gasteiger partial charge is 0.247 e. The molecule has 3 rings (SSSR count). The Balaban J connectivity index is 1.72. The lowest BCUT2D eigenvalue weighted by Gasteiger charge is -2.15. The van der Waals surface area contributed by atoms with Crippen molar-refractivity contribution < 1.29 is 9.59 Å². The molecule has 1 aliphatic rings. The van der Waals surface area contributed by atoms with Crippen LogP contribution in [-0.2, 0) is 9.59 Å². The number of carbonyl (C=O) groups excluding carboxylic acids is 2. The summed E-state index contributed by atoms with van der Waals surface area (Å²) in [6.07, 6.45) is 0.465. The highest BCUT2D eigenvalue weighted by molar-refractivity contribution is 7.99. The maximum atomic E-state index is 12.4. The third-order valence-corrected chi connectivity index (χ3v) is 5.29. The van der Waals surface area contributed by atoms with Gasteiger partial charge in [0.25, 0.3) is 0 Å². The van der Waals surface area contributed by atoms with Gasteiger partial charge in [-0.05, 0) is 19.1 Å². The number of nitrogens with one attached hydrogen (secondary N) is 2. The van der Waals surface area contributed by atoms with Crippen molar-refractivity contribution in [3.8, 4) is 11.3 Å². The van der Waals surface area contributed by atoms with E-state index in [1.807, 2.05) is 36.6 Å². The molecular weight excluding hydrogens is 330 g/mol. The number of benzene rings is 1. The summed E-state index contributed by atoms with van der Waals surface area (Å²) in [5.41, 5.74) is 2.58. The van der Waals surface area contributed by atoms with E-state index in [9.17, 15) is 9.59 Å². The molecule has 0 unspecified atom stereocenters. The van der Waals surface area contributed by atoms with Crippen LogP contribution in [0, 0.1) is 6.92 Å². The second-order valence-electron chi connectivity index (χ2n) is 5.27. The van der Waals surface area contributed by atoms with E-state index >= 15 is 0 Å². The van der Waals surface area contributed by atoms with Crippen molar-refractivity contribution in [2.24, 2.45) is 0 Å². The molecule has 1 saturated heterocycles. The second-order valence-corrected chi connectivity index (χ2v) is 7.48. The molecule has 1 aromatic carbocycles. The number of hydrogen-bond donors (Lipinski definition) is 2. The fourth-order valence-corrected chi connectivity index (χ4v) is 3.89. The van der Waals surface area contributed by atoms with Gasteiger partial charge in [0.2, 0.25) is 11.8 Å². The average Bonchev–Trinajstić information content (AvgIpc) is 2.84. The van der Waals surface area contributed by atoms with Crippen LogP contribution in [0.1, 0.15) is 11.4 Å². The Morgan fingerprint density at radius 3 is 3.09 bits per heavy atom. The molecule has 2 amide bonds. The number of hydrogen-bond acceptors (Lipinski definition) is 5. The highest BCUT2D eigenvalue weighted by atomic mass is 32.2. The summed E-state index contributed by atoms with van der Waals surface area (Å²) in [5.74, 6) is 1.11. The van der Waals surface area contributed by atoms with Crippen molar-refractivity contribution in [2.75, 3.05) is 16.8 Å². The maximum absolute atomic E-state index is 12.4. The summed E-state index contributed by atoms with van der Waals surface area (Å²) in [5, 5.41) is 8.66. The maximum Gasteiger partial charge on any atom is 0.247 e. The third kappa shape index (κ3) is 4.11. The van der Waals surface area contributed by atoms with E-state index in [1.165, 1.54) is 0 Å². The average molecular weight is 347 g/mol. The fraction of sp³-hybridized carbons (Fsp3) is 0.312. The van der Waals surface area contributed by atoms with Crippen LogP contribution in [0.25, 0.3) is 11.3 Å². The van der Waals surface area contributed by atoms with Crippen molar-refractivity contribution in [2.45, 2.75) is 19.4 Å². The summed E-state index contributed by atoms with van der Waals surface area (Å²) >= 11 is 3.21. The number of carbonyl (C=O) groups is 2. The van der Waals surface area contributed by atoms with Gasteiger partial charge in [0.1, 0.15) is 6.04 Å². The Labute approximate surface area is 142 Å². The molecule has 0 radical (unpaired) electrons. The predicted molar refractivity (Wildman–Crippen MR) is 94.8 cm³/mol. The van der Waals surface area contributed by atoms with Crippen LogP contribution >= 0.6 is 23.1 Å². The second kappa shape index (κ2) is 7.14. The molecule has 2 N–H and O–H groups in total. The molecular formula is C16H17N3O2S2. The molecule has 0 aliphatic carbocycles. The highest BCUT2D eigenvalue weighted by Gasteiger charge is 2.23. The van der Waals surface area contributed by atoms with E-state index in [0.29, 0.717) is 17.9 Å². The Kier molecular flexibility index (Phi) is 4.97. The first-order valence-electron chi connectivity index (χ1n) is 7.32. The Morgan fingerprint density at radius 1 is 1.43 bits per heavy atom. The summed E-state index contributed by atoms with van der Waals surface area (Å²) in [4.78, 5) is 28.4. The van der Waals surface area contributed by atoms with Gasteiger partial charge in [-0.25, -0.2) is 4.98 Å². The molecule has 1 aliphatic heterocycles. The molecule has 1 fully saturated rings. The number of nitrogens with zero attached hydrogens (tertiary/aromatic N) is 1. The van der Waals surface area contributed by atoms with Gasteiger partial charge >= 0.3 is 0 Å². The van der Waals surface area contributed by atoms with E-state index in [-0.39, 0.29) is 11.8 Å². The Morgan fingerprint density at radius 2 is 2.30 bits per heavy atom. The minimum atomic E-state index is -0.486. The zero-order valence-corrected chi connectivity index (χ0v) is 14.3. The SMILES string of the molecule is Cc1nc(-c2cccc(NC(=O)[C@@H]3CSCCC(=O)N3)c2)cs1. The van der Waals surface area contributed by atoms with Gasteiger partial charge in [-0.2, -0.15) is 11.8 Å². The van der Waals surface area contributed by atoms with Gasteiger partial charge in [-0.1, -0.05) is 12.1 Å². The number of amides is 2. The van der Waals surface area contributed by atoms with Crippen molar-refractivity contribution in [1.29, 1.82) is 0 Å². The molecule has 5 nitrogen and oxygen atoms in total. The number of aryl methyl sites for hydroxylation is 1. The Hall–Kier alpha value is -1.86. The number of thioether (sulfide) groups is 1. The van der Waals surface area contributed by atoms with E-state index in [2.05, 4.69) is 15.6 Å². The van der Waals surface area contributed by atoms with E-state index in [0.717, 1.165) is 22.0 Å². The topological polar surface area (TPSA) is 71.1 Å². The minimum Gasteiger partial charge on any atom is -0.343 e. The lowest BCUT2D eigenvalue weighted by Crippen LogP contribution is -2.44. The summed E-state index contributed by atoms with van der Waals surface area (Å²) < 4.78 is 0. The lowest BCUT2D eigenvalue weighted by molar-refractivity contribution is -0.125. The van der Waals surface area contributed by atoms with E-state index in [1.54, 1.807) is 23.1 Å². The predicted octanol–water partition coefficient (Wildman–Crippen LogP) is 2.68. The first-order chi connectivity index (χ1) is 11.1. The molecule has 7 heteroatoms. The first-order valence-corrected chi connectivity index (χ1v) is 9.36. The van der Waals surface area contributed by atoms with Gasteiger partial charge in [0, 0.05) is 34.6 Å². The van der Waals surface area contributed by atoms with Crippen LogP contribution in [0.2, 0.25) is 0 Å². The molecule has 0 bridgehead atoms. The summed E-state index contributed by atoms with van der Waals surface area (Å²) in [7, 11) is 0. The zero-order chi connectivity index (χ0) is 16.2. The fourth-order valence-electron chi connectivity index (χ4n) is 2.30. The molecule has 0 spiro atoms.